The number of benzene rings is 1. The van der Waals surface area contributed by atoms with Crippen LogP contribution < -0.4 is 0 Å². The molecule has 17 heavy (non-hydrogen) atoms. The summed E-state index contributed by atoms with van der Waals surface area (Å²) < 4.78 is 12.0. The molecule has 94 valence electrons. The van der Waals surface area contributed by atoms with Crippen molar-refractivity contribution >= 4 is 10.8 Å². The molecule has 0 radical (unpaired) electrons. The van der Waals surface area contributed by atoms with Crippen LogP contribution in [0.2, 0.25) is 0 Å². The summed E-state index contributed by atoms with van der Waals surface area (Å²) >= 11 is 0. The van der Waals surface area contributed by atoms with Gasteiger partial charge in [-0.15, -0.1) is 0 Å². The van der Waals surface area contributed by atoms with Crippen molar-refractivity contribution in [1.82, 2.24) is 4.90 Å². The Kier molecular flexibility index (Phi) is 4.71. The largest absolute Gasteiger partial charge is 0.396 e. The summed E-state index contributed by atoms with van der Waals surface area (Å²) in [6.07, 6.45) is 1.06. The molecule has 1 fully saturated rings. The quantitative estimate of drug-likeness (QED) is 0.854. The lowest BCUT2D eigenvalue weighted by Gasteiger charge is -2.14. The third-order valence-electron chi connectivity index (χ3n) is 3.23. The molecule has 2 rings (SSSR count). The average Bonchev–Trinajstić information content (AvgIpc) is 2.85. The number of aliphatic hydroxyl groups is 1. The molecule has 0 aliphatic carbocycles. The van der Waals surface area contributed by atoms with Gasteiger partial charge in [0.05, 0.1) is 10.8 Å². The summed E-state index contributed by atoms with van der Waals surface area (Å²) in [7, 11) is -0.897. The number of hydrogen-bond donors (Lipinski definition) is 1. The van der Waals surface area contributed by atoms with Crippen LogP contribution in [0.1, 0.15) is 6.42 Å². The maximum Gasteiger partial charge on any atom is 0.0542 e. The van der Waals surface area contributed by atoms with Gasteiger partial charge < -0.3 is 10.0 Å². The van der Waals surface area contributed by atoms with Gasteiger partial charge in [0.25, 0.3) is 0 Å². The van der Waals surface area contributed by atoms with Gasteiger partial charge in [-0.2, -0.15) is 0 Å². The monoisotopic (exact) mass is 253 g/mol. The van der Waals surface area contributed by atoms with E-state index in [9.17, 15) is 4.21 Å². The second-order valence-electron chi connectivity index (χ2n) is 4.50. The Morgan fingerprint density at radius 3 is 2.76 bits per heavy atom. The van der Waals surface area contributed by atoms with E-state index in [1.54, 1.807) is 0 Å². The van der Waals surface area contributed by atoms with E-state index in [1.807, 2.05) is 30.3 Å². The highest BCUT2D eigenvalue weighted by Crippen LogP contribution is 2.15. The van der Waals surface area contributed by atoms with Gasteiger partial charge >= 0.3 is 0 Å². The predicted molar refractivity (Wildman–Crippen MR) is 69.4 cm³/mol. The fourth-order valence-corrected chi connectivity index (χ4v) is 3.29. The van der Waals surface area contributed by atoms with Crippen LogP contribution in [0.3, 0.4) is 0 Å². The molecular weight excluding hydrogens is 234 g/mol. The Morgan fingerprint density at radius 1 is 1.35 bits per heavy atom. The number of hydrogen-bond acceptors (Lipinski definition) is 3. The molecule has 0 bridgehead atoms. The third-order valence-corrected chi connectivity index (χ3v) is 4.58. The molecule has 0 spiro atoms. The molecule has 1 N–H and O–H groups in total. The number of likely N-dealkylation sites (tertiary alicyclic amines) is 1. The Hall–Kier alpha value is -0.710. The number of nitrogens with zero attached hydrogens (tertiary/aromatic N) is 1. The smallest absolute Gasteiger partial charge is 0.0542 e. The van der Waals surface area contributed by atoms with Crippen LogP contribution in [-0.2, 0) is 10.8 Å². The first-order valence-electron chi connectivity index (χ1n) is 6.06. The van der Waals surface area contributed by atoms with Gasteiger partial charge in [-0.3, -0.25) is 4.21 Å². The zero-order valence-electron chi connectivity index (χ0n) is 9.92. The van der Waals surface area contributed by atoms with Crippen LogP contribution in [0, 0.1) is 5.92 Å². The van der Waals surface area contributed by atoms with Crippen molar-refractivity contribution in [2.75, 3.05) is 32.0 Å². The maximum atomic E-state index is 12.0. The van der Waals surface area contributed by atoms with Crippen LogP contribution in [0.4, 0.5) is 0 Å². The van der Waals surface area contributed by atoms with Crippen molar-refractivity contribution in [3.63, 3.8) is 0 Å². The maximum absolute atomic E-state index is 12.0. The lowest BCUT2D eigenvalue weighted by molar-refractivity contribution is 0.224. The fraction of sp³-hybridized carbons (Fsp3) is 0.538. The SMILES string of the molecule is O=S(CCN1CCC(CO)C1)c1ccccc1. The number of aliphatic hydroxyl groups excluding tert-OH is 1. The highest BCUT2D eigenvalue weighted by atomic mass is 32.2. The van der Waals surface area contributed by atoms with Gasteiger partial charge in [0, 0.05) is 30.3 Å². The lowest BCUT2D eigenvalue weighted by atomic mass is 10.1. The normalized spacial score (nSPS) is 22.8. The van der Waals surface area contributed by atoms with Crippen LogP contribution in [-0.4, -0.2) is 46.2 Å². The summed E-state index contributed by atoms with van der Waals surface area (Å²) in [5.41, 5.74) is 0. The molecule has 0 amide bonds. The van der Waals surface area contributed by atoms with Gasteiger partial charge in [-0.05, 0) is 31.0 Å². The van der Waals surface area contributed by atoms with Gasteiger partial charge in [0.2, 0.25) is 0 Å². The first-order valence-corrected chi connectivity index (χ1v) is 7.38. The van der Waals surface area contributed by atoms with Gasteiger partial charge in [-0.1, -0.05) is 18.2 Å². The van der Waals surface area contributed by atoms with E-state index in [-0.39, 0.29) is 6.61 Å². The molecule has 0 aromatic heterocycles. The van der Waals surface area contributed by atoms with Crippen molar-refractivity contribution in [1.29, 1.82) is 0 Å². The lowest BCUT2D eigenvalue weighted by Crippen LogP contribution is -2.26. The molecule has 2 unspecified atom stereocenters. The van der Waals surface area contributed by atoms with Gasteiger partial charge in [0.15, 0.2) is 0 Å². The molecular formula is C13H19NO2S. The minimum Gasteiger partial charge on any atom is -0.396 e. The fourth-order valence-electron chi connectivity index (χ4n) is 2.17. The molecule has 1 aromatic carbocycles. The van der Waals surface area contributed by atoms with Gasteiger partial charge in [-0.25, -0.2) is 0 Å². The minimum absolute atomic E-state index is 0.276. The van der Waals surface area contributed by atoms with E-state index in [0.29, 0.717) is 11.7 Å². The third kappa shape index (κ3) is 3.63. The highest BCUT2D eigenvalue weighted by molar-refractivity contribution is 7.85. The summed E-state index contributed by atoms with van der Waals surface area (Å²) in [5.74, 6) is 1.10. The Labute approximate surface area is 105 Å². The predicted octanol–water partition coefficient (Wildman–Crippen LogP) is 1.11. The first-order chi connectivity index (χ1) is 8.29. The Bertz CT molecular complexity index is 369. The molecule has 4 heteroatoms. The second kappa shape index (κ2) is 6.28. The van der Waals surface area contributed by atoms with Crippen LogP contribution in [0.5, 0.6) is 0 Å². The standard InChI is InChI=1S/C13H19NO2S/c15-11-12-6-7-14(10-12)8-9-17(16)13-4-2-1-3-5-13/h1-5,12,15H,6-11H2. The second-order valence-corrected chi connectivity index (χ2v) is 6.07. The zero-order valence-corrected chi connectivity index (χ0v) is 10.7. The molecule has 1 aromatic rings. The van der Waals surface area contributed by atoms with Crippen LogP contribution in [0.25, 0.3) is 0 Å². The van der Waals surface area contributed by atoms with E-state index < -0.39 is 10.8 Å². The molecule has 1 aliphatic heterocycles. The van der Waals surface area contributed by atoms with Crippen molar-refractivity contribution in [2.24, 2.45) is 5.92 Å². The molecule has 3 nitrogen and oxygen atoms in total. The summed E-state index contributed by atoms with van der Waals surface area (Å²) in [6, 6.07) is 9.61. The van der Waals surface area contributed by atoms with Crippen molar-refractivity contribution in [3.8, 4) is 0 Å². The molecule has 2 atom stereocenters. The topological polar surface area (TPSA) is 40.5 Å². The van der Waals surface area contributed by atoms with Crippen molar-refractivity contribution in [2.45, 2.75) is 11.3 Å². The zero-order chi connectivity index (χ0) is 12.1. The average molecular weight is 253 g/mol. The Balaban J connectivity index is 1.78. The molecule has 1 saturated heterocycles. The highest BCUT2D eigenvalue weighted by Gasteiger charge is 2.21. The first kappa shape index (κ1) is 12.7. The van der Waals surface area contributed by atoms with E-state index >= 15 is 0 Å². The molecule has 1 aliphatic rings. The van der Waals surface area contributed by atoms with Crippen LogP contribution >= 0.6 is 0 Å². The van der Waals surface area contributed by atoms with E-state index in [4.69, 9.17) is 5.11 Å². The summed E-state index contributed by atoms with van der Waals surface area (Å²) in [6.45, 7) is 3.11. The summed E-state index contributed by atoms with van der Waals surface area (Å²) in [5, 5.41) is 9.05. The van der Waals surface area contributed by atoms with Crippen LogP contribution in [0.15, 0.2) is 35.2 Å². The van der Waals surface area contributed by atoms with E-state index in [2.05, 4.69) is 4.90 Å². The van der Waals surface area contributed by atoms with Crippen molar-refractivity contribution < 1.29 is 9.32 Å². The minimum atomic E-state index is -0.897. The molecule has 1 heterocycles. The van der Waals surface area contributed by atoms with Gasteiger partial charge in [0.1, 0.15) is 0 Å². The summed E-state index contributed by atoms with van der Waals surface area (Å²) in [4.78, 5) is 3.20. The van der Waals surface area contributed by atoms with Crippen molar-refractivity contribution in [3.05, 3.63) is 30.3 Å². The molecule has 0 saturated carbocycles. The van der Waals surface area contributed by atoms with E-state index in [0.717, 1.165) is 31.0 Å². The Morgan fingerprint density at radius 2 is 2.12 bits per heavy atom. The number of rotatable bonds is 5. The van der Waals surface area contributed by atoms with E-state index in [1.165, 1.54) is 0 Å².